The fourth-order valence-electron chi connectivity index (χ4n) is 3.84. The molecule has 0 radical (unpaired) electrons. The molecule has 4 rings (SSSR count). The Labute approximate surface area is 163 Å². The highest BCUT2D eigenvalue weighted by atomic mass is 35.5. The third-order valence-corrected chi connectivity index (χ3v) is 5.31. The molecule has 0 bridgehead atoms. The van der Waals surface area contributed by atoms with E-state index in [9.17, 15) is 14.3 Å². The molecule has 1 amide bonds. The summed E-state index contributed by atoms with van der Waals surface area (Å²) in [6, 6.07) is 5.03. The molecule has 1 aliphatic heterocycles. The van der Waals surface area contributed by atoms with Crippen molar-refractivity contribution in [2.75, 3.05) is 19.6 Å². The largest absolute Gasteiger partial charge is 0.391 e. The number of aliphatic hydroxyl groups excluding tert-OH is 1. The van der Waals surface area contributed by atoms with Gasteiger partial charge >= 0.3 is 0 Å². The molecule has 0 saturated carbocycles. The molecule has 8 heteroatoms. The summed E-state index contributed by atoms with van der Waals surface area (Å²) in [6.07, 6.45) is 2.06. The van der Waals surface area contributed by atoms with Gasteiger partial charge in [-0.15, -0.1) is 12.4 Å². The minimum absolute atomic E-state index is 0. The van der Waals surface area contributed by atoms with Gasteiger partial charge in [0, 0.05) is 36.8 Å². The summed E-state index contributed by atoms with van der Waals surface area (Å²) in [7, 11) is 0. The number of aryl methyl sites for hydroxylation is 1. The maximum absolute atomic E-state index is 14.4. The molecule has 2 atom stereocenters. The van der Waals surface area contributed by atoms with Crippen LogP contribution in [0.2, 0.25) is 0 Å². The number of nitrogens with zero attached hydrogens (tertiary/aromatic N) is 2. The van der Waals surface area contributed by atoms with Gasteiger partial charge in [0.05, 0.1) is 6.10 Å². The summed E-state index contributed by atoms with van der Waals surface area (Å²) >= 11 is 0. The Bertz CT molecular complexity index is 854. The highest BCUT2D eigenvalue weighted by molar-refractivity contribution is 5.94. The van der Waals surface area contributed by atoms with Crippen molar-refractivity contribution in [3.63, 3.8) is 0 Å². The number of amides is 1. The predicted molar refractivity (Wildman–Crippen MR) is 102 cm³/mol. The molecule has 1 saturated heterocycles. The van der Waals surface area contributed by atoms with Crippen molar-refractivity contribution < 1.29 is 14.3 Å². The first kappa shape index (κ1) is 19.8. The number of aromatic nitrogens is 2. The first-order valence-corrected chi connectivity index (χ1v) is 9.09. The topological polar surface area (TPSA) is 79.2 Å². The molecule has 146 valence electrons. The Balaban J connectivity index is 0.00000210. The molecule has 2 unspecified atom stereocenters. The minimum atomic E-state index is -0.444. The van der Waals surface area contributed by atoms with Crippen molar-refractivity contribution in [1.29, 1.82) is 0 Å². The summed E-state index contributed by atoms with van der Waals surface area (Å²) in [5.74, 6) is -0.591. The standard InChI is InChI=1S/C19H23FN4O2.ClH/c1-11-5-6-16(14(20)7-11)24-15-4-2-3-13(15)18(23-24)19(26)22-9-12-8-21-10-17(12)25;/h5-7,12,17,21,25H,2-4,8-10H2,1H3,(H,22,26);1H. The zero-order valence-corrected chi connectivity index (χ0v) is 16.0. The summed E-state index contributed by atoms with van der Waals surface area (Å²) in [5.41, 5.74) is 3.42. The number of rotatable bonds is 4. The van der Waals surface area contributed by atoms with E-state index in [-0.39, 0.29) is 30.0 Å². The van der Waals surface area contributed by atoms with Gasteiger partial charge < -0.3 is 15.7 Å². The molecule has 3 N–H and O–H groups in total. The van der Waals surface area contributed by atoms with Crippen molar-refractivity contribution in [1.82, 2.24) is 20.4 Å². The molecule has 2 aromatic rings. The summed E-state index contributed by atoms with van der Waals surface area (Å²) in [4.78, 5) is 12.7. The zero-order valence-electron chi connectivity index (χ0n) is 15.2. The van der Waals surface area contributed by atoms with E-state index in [0.29, 0.717) is 31.0 Å². The van der Waals surface area contributed by atoms with Gasteiger partial charge in [0.25, 0.3) is 5.91 Å². The van der Waals surface area contributed by atoms with Crippen molar-refractivity contribution in [2.45, 2.75) is 32.3 Å². The van der Waals surface area contributed by atoms with Gasteiger partial charge in [-0.2, -0.15) is 5.10 Å². The van der Waals surface area contributed by atoms with Crippen LogP contribution in [-0.4, -0.2) is 46.5 Å². The lowest BCUT2D eigenvalue weighted by molar-refractivity contribution is 0.0921. The Kier molecular flexibility index (Phi) is 5.83. The van der Waals surface area contributed by atoms with E-state index in [1.165, 1.54) is 6.07 Å². The smallest absolute Gasteiger partial charge is 0.272 e. The molecule has 2 aliphatic rings. The van der Waals surface area contributed by atoms with Gasteiger partial charge in [0.2, 0.25) is 0 Å². The van der Waals surface area contributed by atoms with Crippen molar-refractivity contribution >= 4 is 18.3 Å². The molecule has 1 fully saturated rings. The monoisotopic (exact) mass is 394 g/mol. The molecule has 0 spiro atoms. The lowest BCUT2D eigenvalue weighted by atomic mass is 10.1. The fourth-order valence-corrected chi connectivity index (χ4v) is 3.84. The number of β-amino-alcohol motifs (C(OH)–C–C–N with tert-alkyl or cyclic N) is 1. The Morgan fingerprint density at radius 1 is 1.41 bits per heavy atom. The van der Waals surface area contributed by atoms with Crippen LogP contribution in [0.15, 0.2) is 18.2 Å². The van der Waals surface area contributed by atoms with Gasteiger partial charge in [-0.05, 0) is 43.9 Å². The molecule has 2 heterocycles. The van der Waals surface area contributed by atoms with Crippen LogP contribution in [-0.2, 0) is 12.8 Å². The van der Waals surface area contributed by atoms with Crippen LogP contribution in [0.25, 0.3) is 5.69 Å². The van der Waals surface area contributed by atoms with Gasteiger partial charge in [0.15, 0.2) is 5.69 Å². The van der Waals surface area contributed by atoms with Crippen LogP contribution in [0.3, 0.4) is 0 Å². The van der Waals surface area contributed by atoms with E-state index in [4.69, 9.17) is 0 Å². The molecule has 27 heavy (non-hydrogen) atoms. The number of hydrogen-bond acceptors (Lipinski definition) is 4. The summed E-state index contributed by atoms with van der Waals surface area (Å²) < 4.78 is 16.0. The van der Waals surface area contributed by atoms with Gasteiger partial charge in [0.1, 0.15) is 11.5 Å². The van der Waals surface area contributed by atoms with Crippen molar-refractivity contribution in [3.8, 4) is 5.69 Å². The number of halogens is 2. The summed E-state index contributed by atoms with van der Waals surface area (Å²) in [5, 5.41) is 20.3. The average molecular weight is 395 g/mol. The van der Waals surface area contributed by atoms with E-state index in [1.807, 2.05) is 13.0 Å². The fraction of sp³-hybridized carbons (Fsp3) is 0.474. The second-order valence-electron chi connectivity index (χ2n) is 7.19. The Hall–Kier alpha value is -1.96. The number of benzene rings is 1. The molecule has 1 aromatic carbocycles. The number of carbonyl (C=O) groups excluding carboxylic acids is 1. The molecular weight excluding hydrogens is 371 g/mol. The third-order valence-electron chi connectivity index (χ3n) is 5.31. The van der Waals surface area contributed by atoms with Crippen LogP contribution < -0.4 is 10.6 Å². The van der Waals surface area contributed by atoms with Crippen LogP contribution in [0.4, 0.5) is 4.39 Å². The zero-order chi connectivity index (χ0) is 18.3. The number of aliphatic hydroxyl groups is 1. The summed E-state index contributed by atoms with van der Waals surface area (Å²) in [6.45, 7) is 3.47. The number of hydrogen-bond donors (Lipinski definition) is 3. The number of nitrogens with one attached hydrogen (secondary N) is 2. The highest BCUT2D eigenvalue weighted by Gasteiger charge is 2.29. The quantitative estimate of drug-likeness (QED) is 0.735. The first-order chi connectivity index (χ1) is 12.5. The molecule has 1 aromatic heterocycles. The van der Waals surface area contributed by atoms with Crippen LogP contribution in [0.5, 0.6) is 0 Å². The highest BCUT2D eigenvalue weighted by Crippen LogP contribution is 2.29. The molecule has 1 aliphatic carbocycles. The van der Waals surface area contributed by atoms with E-state index in [2.05, 4.69) is 15.7 Å². The van der Waals surface area contributed by atoms with Crippen LogP contribution >= 0.6 is 12.4 Å². The van der Waals surface area contributed by atoms with E-state index >= 15 is 0 Å². The lowest BCUT2D eigenvalue weighted by Gasteiger charge is -2.13. The van der Waals surface area contributed by atoms with Crippen LogP contribution in [0, 0.1) is 18.7 Å². The number of carbonyl (C=O) groups is 1. The van der Waals surface area contributed by atoms with Gasteiger partial charge in [-0.1, -0.05) is 6.07 Å². The Morgan fingerprint density at radius 2 is 2.22 bits per heavy atom. The SMILES string of the molecule is Cc1ccc(-n2nc(C(=O)NCC3CNCC3O)c3c2CCC3)c(F)c1.Cl. The van der Waals surface area contributed by atoms with E-state index < -0.39 is 6.10 Å². The normalized spacial score (nSPS) is 21.0. The third kappa shape index (κ3) is 3.72. The van der Waals surface area contributed by atoms with Crippen LogP contribution in [0.1, 0.15) is 33.7 Å². The maximum Gasteiger partial charge on any atom is 0.272 e. The Morgan fingerprint density at radius 3 is 2.93 bits per heavy atom. The molecule has 6 nitrogen and oxygen atoms in total. The van der Waals surface area contributed by atoms with Gasteiger partial charge in [-0.25, -0.2) is 9.07 Å². The second-order valence-corrected chi connectivity index (χ2v) is 7.19. The maximum atomic E-state index is 14.4. The minimum Gasteiger partial charge on any atom is -0.391 e. The second kappa shape index (κ2) is 7.96. The van der Waals surface area contributed by atoms with Crippen molar-refractivity contribution in [2.24, 2.45) is 5.92 Å². The predicted octanol–water partition coefficient (Wildman–Crippen LogP) is 1.54. The lowest BCUT2D eigenvalue weighted by Crippen LogP contribution is -2.35. The first-order valence-electron chi connectivity index (χ1n) is 9.09. The van der Waals surface area contributed by atoms with Crippen molar-refractivity contribution in [3.05, 3.63) is 46.5 Å². The van der Waals surface area contributed by atoms with Gasteiger partial charge in [-0.3, -0.25) is 4.79 Å². The van der Waals surface area contributed by atoms with E-state index in [0.717, 1.165) is 36.1 Å². The molecular formula is C19H24ClFN4O2. The average Bonchev–Trinajstić information content (AvgIpc) is 3.30. The number of fused-ring (bicyclic) bond motifs is 1. The van der Waals surface area contributed by atoms with E-state index in [1.54, 1.807) is 10.7 Å².